The monoisotopic (exact) mass is 322 g/mol. The molecule has 1 unspecified atom stereocenters. The van der Waals surface area contributed by atoms with Gasteiger partial charge >= 0.3 is 0 Å². The minimum absolute atomic E-state index is 0.224. The third-order valence-corrected chi connectivity index (χ3v) is 4.65. The number of para-hydroxylation sites is 1. The van der Waals surface area contributed by atoms with Crippen molar-refractivity contribution < 1.29 is 9.50 Å². The number of anilines is 1. The number of aliphatic hydroxyl groups is 1. The summed E-state index contributed by atoms with van der Waals surface area (Å²) in [6, 6.07) is 14.6. The van der Waals surface area contributed by atoms with Crippen molar-refractivity contribution in [2.45, 2.75) is 31.9 Å². The Morgan fingerprint density at radius 3 is 2.79 bits per heavy atom. The predicted molar refractivity (Wildman–Crippen MR) is 93.4 cm³/mol. The molecular weight excluding hydrogens is 303 g/mol. The Bertz CT molecular complexity index is 894. The third-order valence-electron chi connectivity index (χ3n) is 4.65. The van der Waals surface area contributed by atoms with E-state index in [0.717, 1.165) is 47.1 Å². The maximum absolute atomic E-state index is 13.9. The van der Waals surface area contributed by atoms with Crippen LogP contribution in [0.3, 0.4) is 0 Å². The van der Waals surface area contributed by atoms with Gasteiger partial charge in [-0.25, -0.2) is 4.39 Å². The van der Waals surface area contributed by atoms with Crippen LogP contribution >= 0.6 is 0 Å². The second-order valence-electron chi connectivity index (χ2n) is 6.22. The molecule has 2 N–H and O–H groups in total. The zero-order valence-electron chi connectivity index (χ0n) is 13.3. The highest BCUT2D eigenvalue weighted by molar-refractivity contribution is 5.93. The lowest BCUT2D eigenvalue weighted by Crippen LogP contribution is -2.15. The molecule has 1 aromatic heterocycles. The van der Waals surface area contributed by atoms with Gasteiger partial charge in [0, 0.05) is 28.8 Å². The minimum atomic E-state index is -0.519. The van der Waals surface area contributed by atoms with E-state index in [9.17, 15) is 9.50 Å². The zero-order valence-corrected chi connectivity index (χ0v) is 13.3. The van der Waals surface area contributed by atoms with Crippen LogP contribution in [0.25, 0.3) is 10.9 Å². The highest BCUT2D eigenvalue weighted by Crippen LogP contribution is 2.38. The van der Waals surface area contributed by atoms with Crippen LogP contribution in [0.2, 0.25) is 0 Å². The molecule has 24 heavy (non-hydrogen) atoms. The summed E-state index contributed by atoms with van der Waals surface area (Å²) in [6.45, 7) is 0.375. The summed E-state index contributed by atoms with van der Waals surface area (Å²) in [5.74, 6) is -0.224. The van der Waals surface area contributed by atoms with Crippen molar-refractivity contribution in [3.63, 3.8) is 0 Å². The highest BCUT2D eigenvalue weighted by Gasteiger charge is 2.24. The number of fused-ring (bicyclic) bond motifs is 2. The Kier molecular flexibility index (Phi) is 3.90. The smallest absolute Gasteiger partial charge is 0.128 e. The summed E-state index contributed by atoms with van der Waals surface area (Å²) in [5.41, 5.74) is 4.21. The van der Waals surface area contributed by atoms with Crippen LogP contribution in [-0.4, -0.2) is 10.1 Å². The first-order chi connectivity index (χ1) is 11.7. The molecule has 4 heteroatoms. The van der Waals surface area contributed by atoms with Gasteiger partial charge in [0.15, 0.2) is 0 Å². The molecule has 0 radical (unpaired) electrons. The van der Waals surface area contributed by atoms with E-state index >= 15 is 0 Å². The zero-order chi connectivity index (χ0) is 16.5. The molecule has 4 rings (SSSR count). The van der Waals surface area contributed by atoms with Crippen LogP contribution in [0.5, 0.6) is 0 Å². The second kappa shape index (κ2) is 6.21. The Morgan fingerprint density at radius 1 is 1.12 bits per heavy atom. The summed E-state index contributed by atoms with van der Waals surface area (Å²) in [6.07, 6.45) is 2.02. The van der Waals surface area contributed by atoms with Crippen LogP contribution < -0.4 is 5.32 Å². The van der Waals surface area contributed by atoms with Crippen molar-refractivity contribution in [2.75, 3.05) is 5.32 Å². The van der Waals surface area contributed by atoms with Gasteiger partial charge in [0.2, 0.25) is 0 Å². The number of halogens is 1. The fraction of sp³-hybridized carbons (Fsp3) is 0.250. The van der Waals surface area contributed by atoms with Crippen molar-refractivity contribution >= 4 is 16.6 Å². The SMILES string of the molecule is OC1CCCc2nc3ccccc3c(NCc3ccccc3F)c21. The van der Waals surface area contributed by atoms with Crippen LogP contribution in [0, 0.1) is 5.82 Å². The third kappa shape index (κ3) is 2.63. The largest absolute Gasteiger partial charge is 0.388 e. The molecule has 0 spiro atoms. The number of hydrogen-bond acceptors (Lipinski definition) is 3. The van der Waals surface area contributed by atoms with Gasteiger partial charge in [0.05, 0.1) is 17.3 Å². The number of aromatic nitrogens is 1. The highest BCUT2D eigenvalue weighted by atomic mass is 19.1. The number of hydrogen-bond donors (Lipinski definition) is 2. The summed E-state index contributed by atoms with van der Waals surface area (Å²) in [7, 11) is 0. The maximum Gasteiger partial charge on any atom is 0.128 e. The standard InChI is InChI=1S/C20H19FN2O/c21-15-8-3-1-6-13(15)12-22-20-14-7-2-4-9-16(14)23-17-10-5-11-18(24)19(17)20/h1-4,6-9,18,24H,5,10-12H2,(H,22,23). The molecule has 0 aliphatic heterocycles. The Balaban J connectivity index is 1.80. The molecule has 3 nitrogen and oxygen atoms in total. The van der Waals surface area contributed by atoms with Crippen LogP contribution in [0.4, 0.5) is 10.1 Å². The lowest BCUT2D eigenvalue weighted by atomic mass is 9.90. The maximum atomic E-state index is 13.9. The number of aliphatic hydroxyl groups excluding tert-OH is 1. The summed E-state index contributed by atoms with van der Waals surface area (Å²) in [5, 5.41) is 14.8. The quantitative estimate of drug-likeness (QED) is 0.753. The normalized spacial score (nSPS) is 16.8. The van der Waals surface area contributed by atoms with Crippen LogP contribution in [0.15, 0.2) is 48.5 Å². The summed E-state index contributed by atoms with van der Waals surface area (Å²) in [4.78, 5) is 4.73. The number of benzene rings is 2. The Morgan fingerprint density at radius 2 is 1.92 bits per heavy atom. The first-order valence-electron chi connectivity index (χ1n) is 8.31. The Hall–Kier alpha value is -2.46. The molecule has 122 valence electrons. The van der Waals surface area contributed by atoms with Gasteiger partial charge in [0.1, 0.15) is 5.82 Å². The fourth-order valence-corrected chi connectivity index (χ4v) is 3.45. The number of nitrogens with one attached hydrogen (secondary N) is 1. The lowest BCUT2D eigenvalue weighted by molar-refractivity contribution is 0.156. The molecule has 2 aromatic carbocycles. The van der Waals surface area contributed by atoms with E-state index < -0.39 is 6.10 Å². The van der Waals surface area contributed by atoms with Crippen LogP contribution in [0.1, 0.15) is 35.8 Å². The van der Waals surface area contributed by atoms with E-state index in [2.05, 4.69) is 5.32 Å². The van der Waals surface area contributed by atoms with E-state index in [1.165, 1.54) is 6.07 Å². The molecule has 0 saturated carbocycles. The molecule has 1 aliphatic rings. The Labute approximate surface area is 140 Å². The van der Waals surface area contributed by atoms with Crippen molar-refractivity contribution in [1.29, 1.82) is 0 Å². The predicted octanol–water partition coefficient (Wildman–Crippen LogP) is 4.36. The van der Waals surface area contributed by atoms with Gasteiger partial charge < -0.3 is 10.4 Å². The van der Waals surface area contributed by atoms with E-state index in [0.29, 0.717) is 12.1 Å². The minimum Gasteiger partial charge on any atom is -0.388 e. The van der Waals surface area contributed by atoms with Crippen LogP contribution in [-0.2, 0) is 13.0 Å². The van der Waals surface area contributed by atoms with Gasteiger partial charge in [0.25, 0.3) is 0 Å². The number of pyridine rings is 1. The molecule has 0 amide bonds. The number of aryl methyl sites for hydroxylation is 1. The molecule has 0 bridgehead atoms. The molecule has 1 heterocycles. The molecule has 0 saturated heterocycles. The number of nitrogens with zero attached hydrogens (tertiary/aromatic N) is 1. The van der Waals surface area contributed by atoms with E-state index in [1.54, 1.807) is 12.1 Å². The van der Waals surface area contributed by atoms with Gasteiger partial charge in [-0.3, -0.25) is 4.98 Å². The first-order valence-corrected chi connectivity index (χ1v) is 8.31. The average molecular weight is 322 g/mol. The van der Waals surface area contributed by atoms with Crippen molar-refractivity contribution in [2.24, 2.45) is 0 Å². The molecule has 1 atom stereocenters. The molecule has 3 aromatic rings. The van der Waals surface area contributed by atoms with Gasteiger partial charge in [-0.15, -0.1) is 0 Å². The van der Waals surface area contributed by atoms with Crippen molar-refractivity contribution in [3.05, 3.63) is 71.2 Å². The summed E-state index contributed by atoms with van der Waals surface area (Å²) < 4.78 is 13.9. The molecular formula is C20H19FN2O. The van der Waals surface area contributed by atoms with Gasteiger partial charge in [-0.2, -0.15) is 0 Å². The number of rotatable bonds is 3. The van der Waals surface area contributed by atoms with E-state index in [1.807, 2.05) is 30.3 Å². The van der Waals surface area contributed by atoms with Gasteiger partial charge in [-0.05, 0) is 31.4 Å². The van der Waals surface area contributed by atoms with E-state index in [-0.39, 0.29) is 5.82 Å². The first kappa shape index (κ1) is 15.1. The lowest BCUT2D eigenvalue weighted by Gasteiger charge is -2.25. The fourth-order valence-electron chi connectivity index (χ4n) is 3.45. The molecule has 1 aliphatic carbocycles. The van der Waals surface area contributed by atoms with Gasteiger partial charge in [-0.1, -0.05) is 36.4 Å². The average Bonchev–Trinajstić information content (AvgIpc) is 2.60. The van der Waals surface area contributed by atoms with Crippen molar-refractivity contribution in [1.82, 2.24) is 4.98 Å². The second-order valence-corrected chi connectivity index (χ2v) is 6.22. The van der Waals surface area contributed by atoms with E-state index in [4.69, 9.17) is 4.98 Å². The molecule has 0 fully saturated rings. The van der Waals surface area contributed by atoms with Crippen molar-refractivity contribution in [3.8, 4) is 0 Å². The summed E-state index contributed by atoms with van der Waals surface area (Å²) >= 11 is 0. The topological polar surface area (TPSA) is 45.2 Å².